The minimum atomic E-state index is -0.798. The summed E-state index contributed by atoms with van der Waals surface area (Å²) in [5.41, 5.74) is -0.371. The lowest BCUT2D eigenvalue weighted by molar-refractivity contribution is -0.394. The van der Waals surface area contributed by atoms with Crippen LogP contribution in [0.5, 0.6) is 0 Å². The molecular weight excluding hydrogens is 403 g/mol. The van der Waals surface area contributed by atoms with Crippen molar-refractivity contribution >= 4 is 33.8 Å². The number of nitrogens with one attached hydrogen (secondary N) is 1. The van der Waals surface area contributed by atoms with E-state index >= 15 is 0 Å². The van der Waals surface area contributed by atoms with Gasteiger partial charge in [0.25, 0.3) is 17.3 Å². The Balaban J connectivity index is 1.82. The number of non-ortho nitro benzene ring substituents is 1. The molecule has 0 fully saturated rings. The molecule has 2 aromatic carbocycles. The zero-order chi connectivity index (χ0) is 21.1. The predicted octanol–water partition coefficient (Wildman–Crippen LogP) is 4.25. The zero-order valence-corrected chi connectivity index (χ0v) is 15.7. The van der Waals surface area contributed by atoms with E-state index in [1.54, 1.807) is 18.3 Å². The van der Waals surface area contributed by atoms with Crippen molar-refractivity contribution in [2.75, 3.05) is 5.32 Å². The van der Waals surface area contributed by atoms with Crippen molar-refractivity contribution in [3.63, 3.8) is 0 Å². The molecule has 0 radical (unpaired) electrons. The van der Waals surface area contributed by atoms with E-state index in [2.05, 4.69) is 10.3 Å². The monoisotopic (exact) mass is 416 g/mol. The van der Waals surface area contributed by atoms with E-state index in [9.17, 15) is 29.4 Å². The molecule has 0 aliphatic rings. The van der Waals surface area contributed by atoms with Gasteiger partial charge < -0.3 is 0 Å². The summed E-state index contributed by atoms with van der Waals surface area (Å²) in [6.45, 7) is 1.35. The molecule has 0 aliphatic carbocycles. The SMILES string of the molecule is Cc1c(C(=O)Nc2ncc(Cc3ccc(F)cc3)s2)cc([N+](=O)[O-])cc1[N+](=O)[O-]. The lowest BCUT2D eigenvalue weighted by atomic mass is 10.0. The number of benzene rings is 2. The largest absolute Gasteiger partial charge is 0.298 e. The Morgan fingerprint density at radius 1 is 1.17 bits per heavy atom. The summed E-state index contributed by atoms with van der Waals surface area (Å²) in [7, 11) is 0. The fourth-order valence-electron chi connectivity index (χ4n) is 2.63. The Kier molecular flexibility index (Phi) is 5.59. The molecule has 3 aromatic rings. The molecule has 1 aromatic heterocycles. The van der Waals surface area contributed by atoms with Crippen LogP contribution in [-0.4, -0.2) is 20.7 Å². The molecule has 0 spiro atoms. The van der Waals surface area contributed by atoms with E-state index < -0.39 is 27.1 Å². The van der Waals surface area contributed by atoms with E-state index in [4.69, 9.17) is 0 Å². The lowest BCUT2D eigenvalue weighted by Gasteiger charge is -2.06. The third kappa shape index (κ3) is 4.58. The quantitative estimate of drug-likeness (QED) is 0.472. The second-order valence-corrected chi connectivity index (χ2v) is 7.16. The molecule has 148 valence electrons. The molecule has 1 N–H and O–H groups in total. The van der Waals surface area contributed by atoms with Gasteiger partial charge in [0, 0.05) is 29.1 Å². The maximum atomic E-state index is 13.0. The van der Waals surface area contributed by atoms with Gasteiger partial charge in [-0.3, -0.25) is 30.3 Å². The van der Waals surface area contributed by atoms with E-state index in [1.807, 2.05) is 0 Å². The van der Waals surface area contributed by atoms with Crippen LogP contribution < -0.4 is 5.32 Å². The Labute approximate surface area is 167 Å². The van der Waals surface area contributed by atoms with Crippen molar-refractivity contribution in [3.05, 3.63) is 90.2 Å². The highest BCUT2D eigenvalue weighted by atomic mass is 32.1. The molecule has 0 bridgehead atoms. The first-order valence-electron chi connectivity index (χ1n) is 8.18. The van der Waals surface area contributed by atoms with Crippen molar-refractivity contribution in [1.82, 2.24) is 4.98 Å². The van der Waals surface area contributed by atoms with Crippen molar-refractivity contribution in [2.24, 2.45) is 0 Å². The molecule has 0 saturated carbocycles. The molecule has 11 heteroatoms. The van der Waals surface area contributed by atoms with Crippen LogP contribution in [-0.2, 0) is 6.42 Å². The van der Waals surface area contributed by atoms with Crippen LogP contribution in [0.15, 0.2) is 42.6 Å². The molecule has 29 heavy (non-hydrogen) atoms. The Hall–Kier alpha value is -3.73. The van der Waals surface area contributed by atoms with E-state index in [0.29, 0.717) is 6.42 Å². The second-order valence-electron chi connectivity index (χ2n) is 6.04. The molecule has 3 rings (SSSR count). The Morgan fingerprint density at radius 3 is 2.48 bits per heavy atom. The van der Waals surface area contributed by atoms with Crippen molar-refractivity contribution in [2.45, 2.75) is 13.3 Å². The Morgan fingerprint density at radius 2 is 1.86 bits per heavy atom. The Bertz CT molecular complexity index is 1110. The van der Waals surface area contributed by atoms with Gasteiger partial charge in [0.15, 0.2) is 5.13 Å². The van der Waals surface area contributed by atoms with Gasteiger partial charge in [0.1, 0.15) is 5.82 Å². The van der Waals surface area contributed by atoms with Gasteiger partial charge in [-0.15, -0.1) is 11.3 Å². The van der Waals surface area contributed by atoms with Crippen LogP contribution in [0.4, 0.5) is 20.9 Å². The van der Waals surface area contributed by atoms with Crippen molar-refractivity contribution in [3.8, 4) is 0 Å². The van der Waals surface area contributed by atoms with Crippen LogP contribution in [0.2, 0.25) is 0 Å². The number of nitro groups is 2. The maximum absolute atomic E-state index is 13.0. The molecule has 0 aliphatic heterocycles. The fourth-order valence-corrected chi connectivity index (χ4v) is 3.47. The van der Waals surface area contributed by atoms with Crippen LogP contribution >= 0.6 is 11.3 Å². The van der Waals surface area contributed by atoms with Gasteiger partial charge in [-0.1, -0.05) is 12.1 Å². The summed E-state index contributed by atoms with van der Waals surface area (Å²) in [4.78, 5) is 38.1. The normalized spacial score (nSPS) is 10.6. The van der Waals surface area contributed by atoms with E-state index in [-0.39, 0.29) is 22.1 Å². The average molecular weight is 416 g/mol. The number of nitrogens with zero attached hydrogens (tertiary/aromatic N) is 3. The number of hydrogen-bond donors (Lipinski definition) is 1. The smallest absolute Gasteiger partial charge is 0.279 e. The van der Waals surface area contributed by atoms with Gasteiger partial charge in [-0.25, -0.2) is 9.37 Å². The van der Waals surface area contributed by atoms with Gasteiger partial charge in [-0.05, 0) is 24.6 Å². The maximum Gasteiger partial charge on any atom is 0.279 e. The molecule has 1 amide bonds. The number of rotatable bonds is 6. The summed E-state index contributed by atoms with van der Waals surface area (Å²) in [5, 5.41) is 24.9. The highest BCUT2D eigenvalue weighted by Gasteiger charge is 2.25. The third-order valence-corrected chi connectivity index (χ3v) is 5.00. The number of carbonyl (C=O) groups is 1. The number of halogens is 1. The summed E-state index contributed by atoms with van der Waals surface area (Å²) in [6, 6.07) is 7.77. The summed E-state index contributed by atoms with van der Waals surface area (Å²) >= 11 is 1.18. The highest BCUT2D eigenvalue weighted by molar-refractivity contribution is 7.15. The van der Waals surface area contributed by atoms with Crippen molar-refractivity contribution < 1.29 is 19.0 Å². The van der Waals surface area contributed by atoms with Crippen LogP contribution in [0.25, 0.3) is 0 Å². The fraction of sp³-hybridized carbons (Fsp3) is 0.111. The predicted molar refractivity (Wildman–Crippen MR) is 104 cm³/mol. The lowest BCUT2D eigenvalue weighted by Crippen LogP contribution is -2.14. The van der Waals surface area contributed by atoms with Crippen molar-refractivity contribution in [1.29, 1.82) is 0 Å². The van der Waals surface area contributed by atoms with Gasteiger partial charge >= 0.3 is 0 Å². The van der Waals surface area contributed by atoms with E-state index in [0.717, 1.165) is 22.6 Å². The van der Waals surface area contributed by atoms with E-state index in [1.165, 1.54) is 30.4 Å². The summed E-state index contributed by atoms with van der Waals surface area (Å²) < 4.78 is 13.0. The minimum Gasteiger partial charge on any atom is -0.298 e. The number of carbonyl (C=O) groups excluding carboxylic acids is 1. The molecule has 0 unspecified atom stereocenters. The first kappa shape index (κ1) is 20.0. The van der Waals surface area contributed by atoms with Crippen LogP contribution in [0, 0.1) is 33.0 Å². The number of hydrogen-bond acceptors (Lipinski definition) is 7. The number of aromatic nitrogens is 1. The molecular formula is C18H13FN4O5S. The number of amides is 1. The third-order valence-electron chi connectivity index (χ3n) is 4.08. The topological polar surface area (TPSA) is 128 Å². The molecule has 9 nitrogen and oxygen atoms in total. The number of nitro benzene ring substituents is 2. The van der Waals surface area contributed by atoms with Gasteiger partial charge in [0.2, 0.25) is 0 Å². The first-order valence-corrected chi connectivity index (χ1v) is 9.00. The first-order chi connectivity index (χ1) is 13.7. The molecule has 0 saturated heterocycles. The van der Waals surface area contributed by atoms with Crippen LogP contribution in [0.3, 0.4) is 0 Å². The van der Waals surface area contributed by atoms with Gasteiger partial charge in [0.05, 0.1) is 21.5 Å². The zero-order valence-electron chi connectivity index (χ0n) is 14.9. The standard InChI is InChI=1S/C18H13FN4O5S/c1-10-15(7-13(22(25)26)8-16(10)23(27)28)17(24)21-18-20-9-14(29-18)6-11-2-4-12(19)5-3-11/h2-5,7-9H,6H2,1H3,(H,20,21,24). The molecule has 1 heterocycles. The second kappa shape index (κ2) is 8.10. The van der Waals surface area contributed by atoms with Crippen LogP contribution in [0.1, 0.15) is 26.4 Å². The highest BCUT2D eigenvalue weighted by Crippen LogP contribution is 2.29. The average Bonchev–Trinajstić information content (AvgIpc) is 3.10. The summed E-state index contributed by atoms with van der Waals surface area (Å²) in [6.07, 6.45) is 2.03. The molecule has 0 atom stereocenters. The number of anilines is 1. The number of thiazole rings is 1. The summed E-state index contributed by atoms with van der Waals surface area (Å²) in [5.74, 6) is -1.08. The minimum absolute atomic E-state index is 0.0150. The van der Waals surface area contributed by atoms with Gasteiger partial charge in [-0.2, -0.15) is 0 Å².